The van der Waals surface area contributed by atoms with E-state index in [2.05, 4.69) is 31.9 Å². The second kappa shape index (κ2) is 10.7. The summed E-state index contributed by atoms with van der Waals surface area (Å²) >= 11 is 13.7. The number of hydrogen-bond acceptors (Lipinski definition) is 6. The summed E-state index contributed by atoms with van der Waals surface area (Å²) in [4.78, 5) is 37.4. The first-order valence-electron chi connectivity index (χ1n) is 9.05. The zero-order valence-electron chi connectivity index (χ0n) is 16.2. The molecule has 1 saturated heterocycles. The lowest BCUT2D eigenvalue weighted by atomic mass is 10.2. The van der Waals surface area contributed by atoms with E-state index in [9.17, 15) is 14.4 Å². The Morgan fingerprint density at radius 2 is 1.81 bits per heavy atom. The molecular formula is C21H16Br2ClNO5S. The summed E-state index contributed by atoms with van der Waals surface area (Å²) in [6.45, 7) is 1.78. The smallest absolute Gasteiger partial charge is 0.326 e. The first-order valence-corrected chi connectivity index (χ1v) is 11.8. The van der Waals surface area contributed by atoms with Crippen molar-refractivity contribution < 1.29 is 23.9 Å². The number of nitrogens with zero attached hydrogens (tertiary/aromatic N) is 1. The number of amides is 2. The molecule has 3 rings (SSSR count). The second-order valence-electron chi connectivity index (χ2n) is 6.30. The molecule has 1 aliphatic heterocycles. The Labute approximate surface area is 205 Å². The first-order chi connectivity index (χ1) is 14.8. The number of benzene rings is 2. The van der Waals surface area contributed by atoms with Crippen molar-refractivity contribution in [3.05, 3.63) is 66.4 Å². The van der Waals surface area contributed by atoms with Gasteiger partial charge in [-0.25, -0.2) is 0 Å². The molecule has 2 amide bonds. The van der Waals surface area contributed by atoms with Crippen LogP contribution in [-0.2, 0) is 20.9 Å². The summed E-state index contributed by atoms with van der Waals surface area (Å²) in [7, 11) is 0. The van der Waals surface area contributed by atoms with Crippen molar-refractivity contribution in [2.75, 3.05) is 13.2 Å². The quantitative estimate of drug-likeness (QED) is 0.290. The molecule has 10 heteroatoms. The summed E-state index contributed by atoms with van der Waals surface area (Å²) < 4.78 is 12.1. The SMILES string of the molecule is CCOC(=O)CN1C(=O)S/C(=C/c2cc(Br)c(OCc3ccc(Cl)cc3)c(Br)c2)C1=O. The lowest BCUT2D eigenvalue weighted by molar-refractivity contribution is -0.145. The Morgan fingerprint density at radius 1 is 1.16 bits per heavy atom. The fourth-order valence-corrected chi connectivity index (χ4v) is 5.08. The van der Waals surface area contributed by atoms with Gasteiger partial charge in [-0.1, -0.05) is 23.7 Å². The van der Waals surface area contributed by atoms with Gasteiger partial charge in [0.15, 0.2) is 0 Å². The van der Waals surface area contributed by atoms with E-state index < -0.39 is 23.7 Å². The molecule has 0 saturated carbocycles. The molecule has 0 bridgehead atoms. The minimum atomic E-state index is -0.626. The largest absolute Gasteiger partial charge is 0.487 e. The number of carbonyl (C=O) groups is 3. The molecule has 1 fully saturated rings. The van der Waals surface area contributed by atoms with Crippen LogP contribution in [0.1, 0.15) is 18.1 Å². The molecule has 0 atom stereocenters. The first kappa shape index (κ1) is 23.8. The van der Waals surface area contributed by atoms with Crippen LogP contribution in [-0.4, -0.2) is 35.2 Å². The van der Waals surface area contributed by atoms with E-state index in [0.717, 1.165) is 22.2 Å². The topological polar surface area (TPSA) is 72.9 Å². The van der Waals surface area contributed by atoms with Crippen LogP contribution in [0.5, 0.6) is 5.75 Å². The number of thioether (sulfide) groups is 1. The molecule has 1 heterocycles. The van der Waals surface area contributed by atoms with Gasteiger partial charge in [0, 0.05) is 5.02 Å². The Hall–Kier alpha value is -1.81. The Balaban J connectivity index is 1.74. The van der Waals surface area contributed by atoms with Gasteiger partial charge in [0.25, 0.3) is 11.1 Å². The molecule has 31 heavy (non-hydrogen) atoms. The van der Waals surface area contributed by atoms with Crippen LogP contribution in [0, 0.1) is 0 Å². The van der Waals surface area contributed by atoms with Crippen molar-refractivity contribution >= 4 is 78.4 Å². The van der Waals surface area contributed by atoms with E-state index in [1.165, 1.54) is 0 Å². The molecule has 6 nitrogen and oxygen atoms in total. The van der Waals surface area contributed by atoms with Gasteiger partial charge in [0.2, 0.25) is 0 Å². The lowest BCUT2D eigenvalue weighted by Gasteiger charge is -2.12. The highest BCUT2D eigenvalue weighted by atomic mass is 79.9. The molecule has 0 spiro atoms. The maximum atomic E-state index is 12.5. The van der Waals surface area contributed by atoms with E-state index >= 15 is 0 Å². The third-order valence-corrected chi connectivity index (χ3v) is 6.42. The number of rotatable bonds is 7. The standard InChI is InChI=1S/C21H16Br2ClNO5S/c1-2-29-18(26)10-25-20(27)17(31-21(25)28)9-13-7-15(22)19(16(23)8-13)30-11-12-3-5-14(24)6-4-12/h3-9H,2,10-11H2,1H3/b17-9+. The monoisotopic (exact) mass is 587 g/mol. The number of ether oxygens (including phenoxy) is 2. The second-order valence-corrected chi connectivity index (χ2v) is 9.44. The van der Waals surface area contributed by atoms with Crippen LogP contribution < -0.4 is 4.74 Å². The zero-order chi connectivity index (χ0) is 22.5. The van der Waals surface area contributed by atoms with E-state index in [1.54, 1.807) is 37.3 Å². The molecule has 0 N–H and O–H groups in total. The fraction of sp³-hybridized carbons (Fsp3) is 0.190. The van der Waals surface area contributed by atoms with Crippen LogP contribution in [0.15, 0.2) is 50.2 Å². The van der Waals surface area contributed by atoms with Crippen molar-refractivity contribution in [3.8, 4) is 5.75 Å². The number of hydrogen-bond donors (Lipinski definition) is 0. The van der Waals surface area contributed by atoms with Crippen molar-refractivity contribution in [2.24, 2.45) is 0 Å². The Kier molecular flexibility index (Phi) is 8.21. The van der Waals surface area contributed by atoms with Crippen LogP contribution in [0.2, 0.25) is 5.02 Å². The minimum absolute atomic E-state index is 0.180. The van der Waals surface area contributed by atoms with Gasteiger partial charge in [-0.05, 0) is 92.0 Å². The third kappa shape index (κ3) is 6.12. The van der Waals surface area contributed by atoms with Crippen LogP contribution in [0.4, 0.5) is 4.79 Å². The average molecular weight is 590 g/mol. The lowest BCUT2D eigenvalue weighted by Crippen LogP contribution is -2.34. The number of esters is 1. The molecule has 2 aromatic rings. The van der Waals surface area contributed by atoms with Crippen molar-refractivity contribution in [3.63, 3.8) is 0 Å². The van der Waals surface area contributed by atoms with Gasteiger partial charge in [-0.2, -0.15) is 0 Å². The van der Waals surface area contributed by atoms with Gasteiger partial charge < -0.3 is 9.47 Å². The Bertz CT molecular complexity index is 1040. The molecule has 162 valence electrons. The molecule has 0 aromatic heterocycles. The van der Waals surface area contributed by atoms with E-state index in [1.807, 2.05) is 12.1 Å². The van der Waals surface area contributed by atoms with Gasteiger partial charge in [0.05, 0.1) is 20.5 Å². The van der Waals surface area contributed by atoms with Gasteiger partial charge in [-0.3, -0.25) is 19.3 Å². The highest BCUT2D eigenvalue weighted by Gasteiger charge is 2.36. The third-order valence-electron chi connectivity index (χ3n) is 4.08. The molecule has 1 aliphatic rings. The number of carbonyl (C=O) groups excluding carboxylic acids is 3. The van der Waals surface area contributed by atoms with Gasteiger partial charge >= 0.3 is 5.97 Å². The van der Waals surface area contributed by atoms with Gasteiger partial charge in [-0.15, -0.1) is 0 Å². The zero-order valence-corrected chi connectivity index (χ0v) is 20.9. The van der Waals surface area contributed by atoms with Gasteiger partial charge in [0.1, 0.15) is 18.9 Å². The highest BCUT2D eigenvalue weighted by Crippen LogP contribution is 2.38. The molecule has 0 radical (unpaired) electrons. The van der Waals surface area contributed by atoms with Crippen molar-refractivity contribution in [2.45, 2.75) is 13.5 Å². The normalized spacial score (nSPS) is 15.0. The molecule has 0 aliphatic carbocycles. The van der Waals surface area contributed by atoms with E-state index in [0.29, 0.717) is 31.9 Å². The van der Waals surface area contributed by atoms with Crippen LogP contribution >= 0.6 is 55.2 Å². The Morgan fingerprint density at radius 3 is 2.42 bits per heavy atom. The number of imide groups is 1. The summed E-state index contributed by atoms with van der Waals surface area (Å²) in [5.74, 6) is -0.556. The molecular weight excluding hydrogens is 574 g/mol. The summed E-state index contributed by atoms with van der Waals surface area (Å²) in [5.41, 5.74) is 1.64. The highest BCUT2D eigenvalue weighted by molar-refractivity contribution is 9.11. The summed E-state index contributed by atoms with van der Waals surface area (Å²) in [5, 5.41) is 0.146. The van der Waals surface area contributed by atoms with Crippen molar-refractivity contribution in [1.29, 1.82) is 0 Å². The van der Waals surface area contributed by atoms with Crippen molar-refractivity contribution in [1.82, 2.24) is 4.90 Å². The maximum absolute atomic E-state index is 12.5. The minimum Gasteiger partial charge on any atom is -0.487 e. The van der Waals surface area contributed by atoms with Crippen LogP contribution in [0.3, 0.4) is 0 Å². The maximum Gasteiger partial charge on any atom is 0.326 e. The van der Waals surface area contributed by atoms with E-state index in [4.69, 9.17) is 21.1 Å². The van der Waals surface area contributed by atoms with Crippen LogP contribution in [0.25, 0.3) is 6.08 Å². The predicted molar refractivity (Wildman–Crippen MR) is 127 cm³/mol. The predicted octanol–water partition coefficient (Wildman–Crippen LogP) is 6.04. The number of halogens is 3. The summed E-state index contributed by atoms with van der Waals surface area (Å²) in [6, 6.07) is 10.9. The fourth-order valence-electron chi connectivity index (χ4n) is 2.66. The molecule has 2 aromatic carbocycles. The average Bonchev–Trinajstić information content (AvgIpc) is 2.96. The summed E-state index contributed by atoms with van der Waals surface area (Å²) in [6.07, 6.45) is 1.59. The van der Waals surface area contributed by atoms with E-state index in [-0.39, 0.29) is 11.5 Å². The molecule has 0 unspecified atom stereocenters.